The van der Waals surface area contributed by atoms with Crippen molar-refractivity contribution in [1.29, 1.82) is 0 Å². The molecule has 1 atom stereocenters. The summed E-state index contributed by atoms with van der Waals surface area (Å²) >= 11 is 0. The minimum absolute atomic E-state index is 0.0479. The molecule has 5 heteroatoms. The maximum absolute atomic E-state index is 11.2. The molecule has 13 heavy (non-hydrogen) atoms. The molecule has 0 aromatic carbocycles. The molecule has 0 saturated carbocycles. The number of carbonyl (C=O) groups is 1. The first-order valence-electron chi connectivity index (χ1n) is 4.26. The van der Waals surface area contributed by atoms with Crippen molar-refractivity contribution in [2.45, 2.75) is 12.6 Å². The lowest BCUT2D eigenvalue weighted by Crippen LogP contribution is -2.47. The van der Waals surface area contributed by atoms with Gasteiger partial charge in [-0.1, -0.05) is 0 Å². The summed E-state index contributed by atoms with van der Waals surface area (Å²) in [7, 11) is 1.92. The number of hydrogen-bond donors (Lipinski definition) is 2. The molecule has 0 aromatic heterocycles. The molecule has 0 spiro atoms. The molecule has 1 fully saturated rings. The summed E-state index contributed by atoms with van der Waals surface area (Å²) in [5.74, 6) is 0.0479. The van der Waals surface area contributed by atoms with Gasteiger partial charge in [-0.05, 0) is 0 Å². The van der Waals surface area contributed by atoms with Gasteiger partial charge in [0.05, 0.1) is 18.2 Å². The van der Waals surface area contributed by atoms with Crippen LogP contribution in [0.3, 0.4) is 0 Å². The first kappa shape index (κ1) is 8.25. The van der Waals surface area contributed by atoms with E-state index in [1.54, 1.807) is 12.5 Å². The summed E-state index contributed by atoms with van der Waals surface area (Å²) in [5, 5.41) is 6.06. The van der Waals surface area contributed by atoms with E-state index in [0.717, 1.165) is 5.70 Å². The molecule has 2 N–H and O–H groups in total. The predicted molar refractivity (Wildman–Crippen MR) is 48.9 cm³/mol. The quantitative estimate of drug-likeness (QED) is 0.515. The summed E-state index contributed by atoms with van der Waals surface area (Å²) in [5.41, 5.74) is 0.826. The normalized spacial score (nSPS) is 27.5. The van der Waals surface area contributed by atoms with Gasteiger partial charge in [0.2, 0.25) is 5.91 Å². The van der Waals surface area contributed by atoms with Crippen molar-refractivity contribution in [2.75, 3.05) is 13.6 Å². The first-order chi connectivity index (χ1) is 6.27. The van der Waals surface area contributed by atoms with Crippen LogP contribution >= 0.6 is 0 Å². The Morgan fingerprint density at radius 1 is 1.69 bits per heavy atom. The number of fused-ring (bicyclic) bond motifs is 1. The Balaban J connectivity index is 2.22. The van der Waals surface area contributed by atoms with E-state index in [-0.39, 0.29) is 12.1 Å². The highest BCUT2D eigenvalue weighted by atomic mass is 16.1. The number of hydrogen-bond acceptors (Lipinski definition) is 4. The molecule has 0 aliphatic carbocycles. The van der Waals surface area contributed by atoms with E-state index in [4.69, 9.17) is 0 Å². The molecule has 0 aromatic rings. The Bertz CT molecular complexity index is 284. The number of rotatable bonds is 0. The standard InChI is InChI=1S/C8H12N4O/c1-12-5-9-4-6-8(12)10-3-2-7(13)11-6/h4-5,8,10H,2-3H2,1H3,(H,11,13). The molecular formula is C8H12N4O. The summed E-state index contributed by atoms with van der Waals surface area (Å²) < 4.78 is 0. The fourth-order valence-electron chi connectivity index (χ4n) is 1.48. The minimum Gasteiger partial charge on any atom is -0.345 e. The van der Waals surface area contributed by atoms with Crippen molar-refractivity contribution < 1.29 is 4.79 Å². The van der Waals surface area contributed by atoms with E-state index in [2.05, 4.69) is 15.6 Å². The third kappa shape index (κ3) is 1.55. The smallest absolute Gasteiger partial charge is 0.225 e. The Kier molecular flexibility index (Phi) is 2.02. The number of nitrogens with zero attached hydrogens (tertiary/aromatic N) is 2. The van der Waals surface area contributed by atoms with Crippen molar-refractivity contribution in [1.82, 2.24) is 15.5 Å². The number of likely N-dealkylation sites (N-methyl/N-ethyl adjacent to an activating group) is 1. The molecule has 2 aliphatic rings. The molecule has 0 radical (unpaired) electrons. The number of nitrogens with one attached hydrogen (secondary N) is 2. The van der Waals surface area contributed by atoms with Gasteiger partial charge in [0.1, 0.15) is 6.17 Å². The predicted octanol–water partition coefficient (Wildman–Crippen LogP) is -0.763. The molecule has 2 heterocycles. The van der Waals surface area contributed by atoms with Crippen molar-refractivity contribution >= 4 is 12.2 Å². The van der Waals surface area contributed by atoms with Crippen LogP contribution < -0.4 is 10.6 Å². The van der Waals surface area contributed by atoms with E-state index in [1.807, 2.05) is 11.9 Å². The number of amides is 1. The maximum atomic E-state index is 11.2. The fourth-order valence-corrected chi connectivity index (χ4v) is 1.48. The van der Waals surface area contributed by atoms with Crippen molar-refractivity contribution in [3.05, 3.63) is 11.9 Å². The van der Waals surface area contributed by atoms with Crippen molar-refractivity contribution in [2.24, 2.45) is 4.99 Å². The molecule has 2 aliphatic heterocycles. The van der Waals surface area contributed by atoms with Gasteiger partial charge in [-0.2, -0.15) is 0 Å². The topological polar surface area (TPSA) is 56.7 Å². The van der Waals surface area contributed by atoms with E-state index in [1.165, 1.54) is 0 Å². The Morgan fingerprint density at radius 2 is 2.54 bits per heavy atom. The van der Waals surface area contributed by atoms with Crippen LogP contribution in [0, 0.1) is 0 Å². The third-order valence-electron chi connectivity index (χ3n) is 2.14. The van der Waals surface area contributed by atoms with E-state index in [9.17, 15) is 4.79 Å². The van der Waals surface area contributed by atoms with Gasteiger partial charge >= 0.3 is 0 Å². The Labute approximate surface area is 76.5 Å². The second-order valence-corrected chi connectivity index (χ2v) is 3.17. The zero-order valence-electron chi connectivity index (χ0n) is 7.45. The van der Waals surface area contributed by atoms with Gasteiger partial charge in [-0.15, -0.1) is 0 Å². The largest absolute Gasteiger partial charge is 0.345 e. The molecule has 5 nitrogen and oxygen atoms in total. The minimum atomic E-state index is 0.0479. The van der Waals surface area contributed by atoms with Gasteiger partial charge in [0.25, 0.3) is 0 Å². The first-order valence-corrected chi connectivity index (χ1v) is 4.26. The van der Waals surface area contributed by atoms with E-state index < -0.39 is 0 Å². The van der Waals surface area contributed by atoms with Crippen LogP contribution in [0.5, 0.6) is 0 Å². The molecule has 0 bridgehead atoms. The highest BCUT2D eigenvalue weighted by molar-refractivity contribution is 5.79. The van der Waals surface area contributed by atoms with Crippen LogP contribution in [0.15, 0.2) is 16.9 Å². The average molecular weight is 180 g/mol. The van der Waals surface area contributed by atoms with Crippen LogP contribution in [-0.2, 0) is 4.79 Å². The number of aliphatic imine (C=N–C) groups is 1. The zero-order valence-corrected chi connectivity index (χ0v) is 7.45. The lowest BCUT2D eigenvalue weighted by atomic mass is 10.3. The summed E-state index contributed by atoms with van der Waals surface area (Å²) in [6.07, 6.45) is 3.99. The Morgan fingerprint density at radius 3 is 3.38 bits per heavy atom. The van der Waals surface area contributed by atoms with Gasteiger partial charge in [0.15, 0.2) is 0 Å². The van der Waals surface area contributed by atoms with Crippen LogP contribution in [0.25, 0.3) is 0 Å². The van der Waals surface area contributed by atoms with Gasteiger partial charge in [0, 0.05) is 20.0 Å². The van der Waals surface area contributed by atoms with Crippen molar-refractivity contribution in [3.8, 4) is 0 Å². The van der Waals surface area contributed by atoms with Crippen LogP contribution in [0.4, 0.5) is 0 Å². The molecule has 1 unspecified atom stereocenters. The zero-order chi connectivity index (χ0) is 9.26. The third-order valence-corrected chi connectivity index (χ3v) is 2.14. The summed E-state index contributed by atoms with van der Waals surface area (Å²) in [6, 6.07) is 0. The molecule has 1 amide bonds. The van der Waals surface area contributed by atoms with E-state index >= 15 is 0 Å². The second-order valence-electron chi connectivity index (χ2n) is 3.17. The van der Waals surface area contributed by atoms with Crippen LogP contribution in [0.1, 0.15) is 6.42 Å². The summed E-state index contributed by atoms with van der Waals surface area (Å²) in [6.45, 7) is 0.700. The fraction of sp³-hybridized carbons (Fsp3) is 0.500. The van der Waals surface area contributed by atoms with Gasteiger partial charge in [-0.25, -0.2) is 4.99 Å². The molecule has 70 valence electrons. The van der Waals surface area contributed by atoms with E-state index in [0.29, 0.717) is 13.0 Å². The molecule has 2 rings (SSSR count). The maximum Gasteiger partial charge on any atom is 0.225 e. The summed E-state index contributed by atoms with van der Waals surface area (Å²) in [4.78, 5) is 17.1. The molecular weight excluding hydrogens is 168 g/mol. The van der Waals surface area contributed by atoms with Crippen LogP contribution in [-0.4, -0.2) is 36.9 Å². The Hall–Kier alpha value is -1.36. The molecule has 1 saturated heterocycles. The van der Waals surface area contributed by atoms with Gasteiger partial charge in [-0.3, -0.25) is 10.1 Å². The lowest BCUT2D eigenvalue weighted by molar-refractivity contribution is -0.120. The van der Waals surface area contributed by atoms with Gasteiger partial charge < -0.3 is 10.2 Å². The monoisotopic (exact) mass is 180 g/mol. The highest BCUT2D eigenvalue weighted by Crippen LogP contribution is 2.09. The highest BCUT2D eigenvalue weighted by Gasteiger charge is 2.24. The average Bonchev–Trinajstić information content (AvgIpc) is 2.27. The second kappa shape index (κ2) is 3.18. The van der Waals surface area contributed by atoms with Crippen LogP contribution in [0.2, 0.25) is 0 Å². The SMILES string of the molecule is CN1C=NC=C2NC(=O)CCNC21. The number of carbonyl (C=O) groups excluding carboxylic acids is 1. The lowest BCUT2D eigenvalue weighted by Gasteiger charge is -2.29. The van der Waals surface area contributed by atoms with Crippen molar-refractivity contribution in [3.63, 3.8) is 0 Å².